The number of likely N-dealkylation sites (tertiary alicyclic amines) is 1. The van der Waals surface area contributed by atoms with Crippen molar-refractivity contribution in [2.45, 2.75) is 57.1 Å². The molecule has 9 nitrogen and oxygen atoms in total. The van der Waals surface area contributed by atoms with E-state index in [0.29, 0.717) is 30.0 Å². The van der Waals surface area contributed by atoms with Crippen molar-refractivity contribution < 1.29 is 32.3 Å². The fourth-order valence-corrected chi connectivity index (χ4v) is 5.40. The molecule has 1 aliphatic rings. The molecule has 0 saturated carbocycles. The van der Waals surface area contributed by atoms with Gasteiger partial charge < -0.3 is 25.1 Å². The maximum Gasteiger partial charge on any atom is 0.417 e. The number of halogens is 3. The average molecular weight is 622 g/mol. The third-order valence-electron chi connectivity index (χ3n) is 7.69. The molecule has 2 aromatic heterocycles. The number of aliphatic hydroxyl groups excluding tert-OH is 1. The lowest BCUT2D eigenvalue weighted by Gasteiger charge is -2.25. The summed E-state index contributed by atoms with van der Waals surface area (Å²) in [7, 11) is 0. The van der Waals surface area contributed by atoms with Crippen LogP contribution in [0.15, 0.2) is 83.7 Å². The summed E-state index contributed by atoms with van der Waals surface area (Å²) in [4.78, 5) is 36.7. The van der Waals surface area contributed by atoms with Crippen LogP contribution in [0.5, 0.6) is 0 Å². The summed E-state index contributed by atoms with van der Waals surface area (Å²) in [5, 5.41) is 17.0. The molecule has 2 amide bonds. The van der Waals surface area contributed by atoms with Crippen molar-refractivity contribution in [2.24, 2.45) is 0 Å². The van der Waals surface area contributed by atoms with Gasteiger partial charge in [-0.1, -0.05) is 36.4 Å². The van der Waals surface area contributed by atoms with Gasteiger partial charge in [-0.15, -0.1) is 0 Å². The van der Waals surface area contributed by atoms with Gasteiger partial charge in [-0.3, -0.25) is 14.6 Å². The van der Waals surface area contributed by atoms with Crippen LogP contribution < -0.4 is 10.6 Å². The molecule has 3 N–H and O–H groups in total. The molecule has 1 fully saturated rings. The molecular weight excluding hydrogens is 587 g/mol. The number of oxazole rings is 1. The van der Waals surface area contributed by atoms with Crippen LogP contribution in [0.25, 0.3) is 0 Å². The number of rotatable bonds is 11. The second-order valence-electron chi connectivity index (χ2n) is 11.1. The Balaban J connectivity index is 1.26. The maximum atomic E-state index is 13.5. The highest BCUT2D eigenvalue weighted by Gasteiger charge is 2.34. The van der Waals surface area contributed by atoms with E-state index in [-0.39, 0.29) is 30.6 Å². The van der Waals surface area contributed by atoms with Crippen molar-refractivity contribution in [1.82, 2.24) is 25.5 Å². The van der Waals surface area contributed by atoms with Crippen molar-refractivity contribution in [1.29, 1.82) is 0 Å². The second kappa shape index (κ2) is 14.0. The molecule has 1 saturated heterocycles. The highest BCUT2D eigenvalue weighted by atomic mass is 19.4. The average Bonchev–Trinajstić information content (AvgIpc) is 3.70. The standard InChI is InChI=1S/C33H34F3N5O4/c1-21-20-45-31(39-21)28-11-6-12-41(28)32(44)25-10-5-9-24(15-25)30(43)40-27(14-22-7-3-2-4-8-22)29(42)19-38-17-23-13-26(18-37-16-23)33(34,35)36/h2-5,7-10,13,15-16,18,20,27-29,38,42H,6,11-12,14,17,19H2,1H3,(H,40,43)/t27-,28?,29+/m0/s1. The Morgan fingerprint density at radius 2 is 1.84 bits per heavy atom. The number of carbonyl (C=O) groups excluding carboxylic acids is 2. The van der Waals surface area contributed by atoms with E-state index in [4.69, 9.17) is 4.42 Å². The predicted octanol–water partition coefficient (Wildman–Crippen LogP) is 4.87. The Hall–Kier alpha value is -4.55. The Bertz CT molecular complexity index is 1610. The third kappa shape index (κ3) is 8.14. The first-order valence-electron chi connectivity index (χ1n) is 14.7. The van der Waals surface area contributed by atoms with Gasteiger partial charge in [-0.25, -0.2) is 4.98 Å². The summed E-state index contributed by atoms with van der Waals surface area (Å²) in [6.07, 6.45) is -0.147. The molecule has 0 spiro atoms. The molecule has 4 aromatic rings. The number of hydrogen-bond donors (Lipinski definition) is 3. The Morgan fingerprint density at radius 1 is 1.07 bits per heavy atom. The number of aryl methyl sites for hydroxylation is 1. The van der Waals surface area contributed by atoms with Crippen molar-refractivity contribution in [3.8, 4) is 0 Å². The van der Waals surface area contributed by atoms with E-state index in [1.54, 1.807) is 29.4 Å². The van der Waals surface area contributed by atoms with Crippen LogP contribution in [0.3, 0.4) is 0 Å². The zero-order valence-corrected chi connectivity index (χ0v) is 24.6. The maximum absolute atomic E-state index is 13.5. The number of carbonyl (C=O) groups is 2. The first-order chi connectivity index (χ1) is 21.6. The fourth-order valence-electron chi connectivity index (χ4n) is 5.40. The minimum absolute atomic E-state index is 0.0107. The molecule has 0 aliphatic carbocycles. The SMILES string of the molecule is Cc1coc(C2CCCN2C(=O)c2cccc(C(=O)N[C@@H](Cc3ccccc3)[C@H](O)CNCc3cncc(C(F)(F)F)c3)c2)n1. The minimum atomic E-state index is -4.51. The van der Waals surface area contributed by atoms with Gasteiger partial charge in [0.1, 0.15) is 12.3 Å². The number of nitrogens with zero attached hydrogens (tertiary/aromatic N) is 3. The molecule has 1 aliphatic heterocycles. The number of nitrogens with one attached hydrogen (secondary N) is 2. The normalized spacial score (nSPS) is 16.4. The van der Waals surface area contributed by atoms with Gasteiger partial charge in [-0.2, -0.15) is 13.2 Å². The van der Waals surface area contributed by atoms with E-state index >= 15 is 0 Å². The van der Waals surface area contributed by atoms with Crippen molar-refractivity contribution in [3.05, 3.63) is 119 Å². The summed E-state index contributed by atoms with van der Waals surface area (Å²) in [5.74, 6) is -0.229. The van der Waals surface area contributed by atoms with Crippen LogP contribution in [0.2, 0.25) is 0 Å². The van der Waals surface area contributed by atoms with Crippen molar-refractivity contribution in [3.63, 3.8) is 0 Å². The van der Waals surface area contributed by atoms with Crippen LogP contribution in [-0.2, 0) is 19.1 Å². The number of aromatic nitrogens is 2. The number of aliphatic hydroxyl groups is 1. The summed E-state index contributed by atoms with van der Waals surface area (Å²) in [5.41, 5.74) is 1.64. The lowest BCUT2D eigenvalue weighted by atomic mass is 10.00. The van der Waals surface area contributed by atoms with Gasteiger partial charge in [0, 0.05) is 43.2 Å². The van der Waals surface area contributed by atoms with Crippen molar-refractivity contribution >= 4 is 11.8 Å². The van der Waals surface area contributed by atoms with Gasteiger partial charge in [0.15, 0.2) is 0 Å². The van der Waals surface area contributed by atoms with E-state index in [2.05, 4.69) is 20.6 Å². The molecule has 45 heavy (non-hydrogen) atoms. The molecule has 0 bridgehead atoms. The van der Waals surface area contributed by atoms with E-state index < -0.39 is 29.8 Å². The van der Waals surface area contributed by atoms with Crippen LogP contribution >= 0.6 is 0 Å². The smallest absolute Gasteiger partial charge is 0.417 e. The summed E-state index contributed by atoms with van der Waals surface area (Å²) >= 11 is 0. The summed E-state index contributed by atoms with van der Waals surface area (Å²) in [6, 6.07) is 15.7. The number of amides is 2. The molecule has 5 rings (SSSR count). The molecule has 0 radical (unpaired) electrons. The number of alkyl halides is 3. The largest absolute Gasteiger partial charge is 0.446 e. The molecule has 3 atom stereocenters. The topological polar surface area (TPSA) is 121 Å². The van der Waals surface area contributed by atoms with Crippen LogP contribution in [0.1, 0.15) is 67.9 Å². The van der Waals surface area contributed by atoms with Gasteiger partial charge in [0.2, 0.25) is 5.89 Å². The van der Waals surface area contributed by atoms with E-state index in [0.717, 1.165) is 36.4 Å². The summed E-state index contributed by atoms with van der Waals surface area (Å²) in [6.45, 7) is 2.39. The summed E-state index contributed by atoms with van der Waals surface area (Å²) < 4.78 is 44.7. The predicted molar refractivity (Wildman–Crippen MR) is 159 cm³/mol. The van der Waals surface area contributed by atoms with Crippen LogP contribution in [-0.4, -0.2) is 57.0 Å². The highest BCUT2D eigenvalue weighted by molar-refractivity contribution is 6.00. The zero-order chi connectivity index (χ0) is 32.0. The van der Waals surface area contributed by atoms with E-state index in [1.165, 1.54) is 12.3 Å². The number of benzene rings is 2. The molecule has 2 aromatic carbocycles. The van der Waals surface area contributed by atoms with Crippen LogP contribution in [0.4, 0.5) is 13.2 Å². The molecule has 12 heteroatoms. The molecule has 236 valence electrons. The lowest BCUT2D eigenvalue weighted by molar-refractivity contribution is -0.137. The van der Waals surface area contributed by atoms with Crippen molar-refractivity contribution in [2.75, 3.05) is 13.1 Å². The molecule has 1 unspecified atom stereocenters. The van der Waals surface area contributed by atoms with Gasteiger partial charge in [0.25, 0.3) is 11.8 Å². The zero-order valence-electron chi connectivity index (χ0n) is 24.6. The molecule has 3 heterocycles. The number of pyridine rings is 1. The first-order valence-corrected chi connectivity index (χ1v) is 14.7. The van der Waals surface area contributed by atoms with E-state index in [9.17, 15) is 27.9 Å². The van der Waals surface area contributed by atoms with Gasteiger partial charge in [-0.05, 0) is 61.6 Å². The lowest BCUT2D eigenvalue weighted by Crippen LogP contribution is -2.48. The minimum Gasteiger partial charge on any atom is -0.446 e. The Labute approximate surface area is 258 Å². The van der Waals surface area contributed by atoms with E-state index in [1.807, 2.05) is 37.3 Å². The molecular formula is C33H34F3N5O4. The Kier molecular flexibility index (Phi) is 9.94. The van der Waals surface area contributed by atoms with Gasteiger partial charge >= 0.3 is 6.18 Å². The number of hydrogen-bond acceptors (Lipinski definition) is 7. The third-order valence-corrected chi connectivity index (χ3v) is 7.69. The first kappa shape index (κ1) is 31.9. The Morgan fingerprint density at radius 3 is 2.58 bits per heavy atom. The van der Waals surface area contributed by atoms with Gasteiger partial charge in [0.05, 0.1) is 23.4 Å². The quantitative estimate of drug-likeness (QED) is 0.219. The fraction of sp³-hybridized carbons (Fsp3) is 0.333. The highest BCUT2D eigenvalue weighted by Crippen LogP contribution is 2.33. The van der Waals surface area contributed by atoms with Crippen LogP contribution in [0, 0.1) is 6.92 Å². The monoisotopic (exact) mass is 621 g/mol. The second-order valence-corrected chi connectivity index (χ2v) is 11.1.